The van der Waals surface area contributed by atoms with Crippen molar-refractivity contribution >= 4 is 23.1 Å². The fourth-order valence-electron chi connectivity index (χ4n) is 2.43. The van der Waals surface area contributed by atoms with Gasteiger partial charge in [-0.25, -0.2) is 0 Å². The molecule has 1 aliphatic rings. The summed E-state index contributed by atoms with van der Waals surface area (Å²) in [6.45, 7) is 2.62. The third kappa shape index (κ3) is 3.25. The van der Waals surface area contributed by atoms with Crippen molar-refractivity contribution < 1.29 is 4.74 Å². The second kappa shape index (κ2) is 6.23. The van der Waals surface area contributed by atoms with Crippen LogP contribution in [0.15, 0.2) is 18.2 Å². The monoisotopic (exact) mass is 266 g/mol. The largest absolute Gasteiger partial charge is 0.492 e. The molecule has 0 aliphatic heterocycles. The lowest BCUT2D eigenvalue weighted by molar-refractivity contribution is 0.342. The molecule has 2 unspecified atom stereocenters. The van der Waals surface area contributed by atoms with E-state index in [-0.39, 0.29) is 0 Å². The van der Waals surface area contributed by atoms with E-state index in [4.69, 9.17) is 10.5 Å². The van der Waals surface area contributed by atoms with Crippen molar-refractivity contribution in [1.82, 2.24) is 0 Å². The first-order valence-corrected chi connectivity index (χ1v) is 7.83. The Balaban J connectivity index is 1.99. The SMILES string of the molecule is CCOc1cc(NC2CCC(SC)C2)ccc1N. The first kappa shape index (κ1) is 13.4. The first-order valence-electron chi connectivity index (χ1n) is 6.54. The van der Waals surface area contributed by atoms with Crippen molar-refractivity contribution in [1.29, 1.82) is 0 Å². The van der Waals surface area contributed by atoms with Crippen LogP contribution in [0.2, 0.25) is 0 Å². The molecule has 1 aromatic rings. The Morgan fingerprint density at radius 3 is 2.94 bits per heavy atom. The molecular weight excluding hydrogens is 244 g/mol. The van der Waals surface area contributed by atoms with E-state index in [0.29, 0.717) is 18.3 Å². The molecule has 1 fully saturated rings. The summed E-state index contributed by atoms with van der Waals surface area (Å²) < 4.78 is 5.51. The Morgan fingerprint density at radius 1 is 1.44 bits per heavy atom. The van der Waals surface area contributed by atoms with Crippen LogP contribution >= 0.6 is 11.8 Å². The summed E-state index contributed by atoms with van der Waals surface area (Å²) in [7, 11) is 0. The Bertz CT molecular complexity index is 397. The van der Waals surface area contributed by atoms with Crippen LogP contribution in [-0.2, 0) is 0 Å². The Labute approximate surface area is 113 Å². The number of rotatable bonds is 5. The standard InChI is InChI=1S/C14H22N2OS/c1-3-17-14-9-11(5-7-13(14)15)16-10-4-6-12(8-10)18-2/h5,7,9-10,12,16H,3-4,6,8,15H2,1-2H3. The minimum atomic E-state index is 0.584. The molecule has 0 aromatic heterocycles. The molecule has 0 saturated heterocycles. The predicted octanol–water partition coefficient (Wildman–Crippen LogP) is 3.36. The normalized spacial score (nSPS) is 23.0. The molecule has 1 saturated carbocycles. The third-order valence-electron chi connectivity index (χ3n) is 3.40. The van der Waals surface area contributed by atoms with Gasteiger partial charge in [0.25, 0.3) is 0 Å². The topological polar surface area (TPSA) is 47.3 Å². The molecule has 100 valence electrons. The zero-order valence-corrected chi connectivity index (χ0v) is 11.9. The van der Waals surface area contributed by atoms with Gasteiger partial charge in [0.05, 0.1) is 12.3 Å². The number of anilines is 2. The maximum Gasteiger partial charge on any atom is 0.144 e. The number of ether oxygens (including phenoxy) is 1. The van der Waals surface area contributed by atoms with Gasteiger partial charge in [-0.15, -0.1) is 0 Å². The second-order valence-corrected chi connectivity index (χ2v) is 5.84. The average Bonchev–Trinajstić information content (AvgIpc) is 2.81. The maximum atomic E-state index is 5.87. The molecule has 3 N–H and O–H groups in total. The highest BCUT2D eigenvalue weighted by atomic mass is 32.2. The van der Waals surface area contributed by atoms with Crippen LogP contribution in [0.5, 0.6) is 5.75 Å². The van der Waals surface area contributed by atoms with Crippen LogP contribution in [0, 0.1) is 0 Å². The van der Waals surface area contributed by atoms with Crippen LogP contribution < -0.4 is 15.8 Å². The highest BCUT2D eigenvalue weighted by Gasteiger charge is 2.23. The Kier molecular flexibility index (Phi) is 4.64. The summed E-state index contributed by atoms with van der Waals surface area (Å²) in [6.07, 6.45) is 6.00. The minimum absolute atomic E-state index is 0.584. The van der Waals surface area contributed by atoms with Crippen LogP contribution in [0.25, 0.3) is 0 Å². The summed E-state index contributed by atoms with van der Waals surface area (Å²) >= 11 is 1.98. The fraction of sp³-hybridized carbons (Fsp3) is 0.571. The summed E-state index contributed by atoms with van der Waals surface area (Å²) in [5, 5.41) is 4.39. The lowest BCUT2D eigenvalue weighted by Crippen LogP contribution is -2.16. The van der Waals surface area contributed by atoms with Crippen LogP contribution in [0.1, 0.15) is 26.2 Å². The molecule has 0 amide bonds. The zero-order valence-electron chi connectivity index (χ0n) is 11.1. The Hall–Kier alpha value is -1.03. The van der Waals surface area contributed by atoms with E-state index in [1.54, 1.807) is 0 Å². The van der Waals surface area contributed by atoms with Crippen LogP contribution in [-0.4, -0.2) is 24.2 Å². The number of hydrogen-bond acceptors (Lipinski definition) is 4. The van der Waals surface area contributed by atoms with Crippen molar-refractivity contribution in [2.45, 2.75) is 37.5 Å². The van der Waals surface area contributed by atoms with Gasteiger partial charge in [-0.05, 0) is 44.6 Å². The quantitative estimate of drug-likeness (QED) is 0.802. The van der Waals surface area contributed by atoms with E-state index in [2.05, 4.69) is 11.6 Å². The molecule has 2 rings (SSSR count). The molecule has 3 nitrogen and oxygen atoms in total. The molecule has 1 aromatic carbocycles. The number of thioether (sulfide) groups is 1. The van der Waals surface area contributed by atoms with Gasteiger partial charge >= 0.3 is 0 Å². The lowest BCUT2D eigenvalue weighted by Gasteiger charge is -2.16. The second-order valence-electron chi connectivity index (χ2n) is 4.70. The minimum Gasteiger partial charge on any atom is -0.492 e. The van der Waals surface area contributed by atoms with Gasteiger partial charge in [0.2, 0.25) is 0 Å². The molecule has 2 atom stereocenters. The highest BCUT2D eigenvalue weighted by Crippen LogP contribution is 2.32. The number of benzene rings is 1. The molecule has 0 radical (unpaired) electrons. The molecule has 18 heavy (non-hydrogen) atoms. The summed E-state index contributed by atoms with van der Waals surface area (Å²) in [5.74, 6) is 0.780. The molecule has 0 spiro atoms. The first-order chi connectivity index (χ1) is 8.72. The summed E-state index contributed by atoms with van der Waals surface area (Å²) in [5.41, 5.74) is 7.69. The van der Waals surface area contributed by atoms with E-state index < -0.39 is 0 Å². The van der Waals surface area contributed by atoms with Crippen LogP contribution in [0.4, 0.5) is 11.4 Å². The van der Waals surface area contributed by atoms with E-state index in [1.165, 1.54) is 19.3 Å². The van der Waals surface area contributed by atoms with E-state index in [9.17, 15) is 0 Å². The number of hydrogen-bond donors (Lipinski definition) is 2. The smallest absolute Gasteiger partial charge is 0.144 e. The van der Waals surface area contributed by atoms with Crippen molar-refractivity contribution in [3.05, 3.63) is 18.2 Å². The van der Waals surface area contributed by atoms with Gasteiger partial charge in [0, 0.05) is 23.0 Å². The van der Waals surface area contributed by atoms with Gasteiger partial charge in [-0.3, -0.25) is 0 Å². The van der Waals surface area contributed by atoms with Crippen molar-refractivity contribution in [3.8, 4) is 5.75 Å². The number of nitrogens with two attached hydrogens (primary N) is 1. The zero-order chi connectivity index (χ0) is 13.0. The lowest BCUT2D eigenvalue weighted by atomic mass is 10.2. The summed E-state index contributed by atoms with van der Waals surface area (Å²) in [4.78, 5) is 0. The molecule has 0 bridgehead atoms. The number of nitrogens with one attached hydrogen (secondary N) is 1. The van der Waals surface area contributed by atoms with Crippen LogP contribution in [0.3, 0.4) is 0 Å². The highest BCUT2D eigenvalue weighted by molar-refractivity contribution is 7.99. The van der Waals surface area contributed by atoms with Crippen molar-refractivity contribution in [3.63, 3.8) is 0 Å². The van der Waals surface area contributed by atoms with Gasteiger partial charge in [-0.1, -0.05) is 0 Å². The molecule has 1 aliphatic carbocycles. The third-order valence-corrected chi connectivity index (χ3v) is 4.50. The van der Waals surface area contributed by atoms with E-state index in [1.807, 2.05) is 36.9 Å². The van der Waals surface area contributed by atoms with Crippen molar-refractivity contribution in [2.24, 2.45) is 0 Å². The fourth-order valence-corrected chi connectivity index (χ4v) is 3.22. The van der Waals surface area contributed by atoms with E-state index in [0.717, 1.165) is 16.7 Å². The van der Waals surface area contributed by atoms with E-state index >= 15 is 0 Å². The van der Waals surface area contributed by atoms with Crippen molar-refractivity contribution in [2.75, 3.05) is 23.9 Å². The van der Waals surface area contributed by atoms with Gasteiger partial charge in [0.1, 0.15) is 5.75 Å². The predicted molar refractivity (Wildman–Crippen MR) is 80.6 cm³/mol. The van der Waals surface area contributed by atoms with Gasteiger partial charge in [-0.2, -0.15) is 11.8 Å². The summed E-state index contributed by atoms with van der Waals surface area (Å²) in [6, 6.07) is 6.53. The van der Waals surface area contributed by atoms with Gasteiger partial charge in [0.15, 0.2) is 0 Å². The molecular formula is C14H22N2OS. The molecule has 0 heterocycles. The number of nitrogen functional groups attached to an aromatic ring is 1. The maximum absolute atomic E-state index is 5.87. The average molecular weight is 266 g/mol. The Morgan fingerprint density at radius 2 is 2.28 bits per heavy atom. The molecule has 4 heteroatoms. The van der Waals surface area contributed by atoms with Gasteiger partial charge < -0.3 is 15.8 Å².